The molecule has 160 valence electrons. The van der Waals surface area contributed by atoms with Crippen molar-refractivity contribution in [2.45, 2.75) is 25.4 Å². The summed E-state index contributed by atoms with van der Waals surface area (Å²) in [6.07, 6.45) is 5.54. The van der Waals surface area contributed by atoms with Crippen LogP contribution in [-0.4, -0.2) is 58.0 Å². The summed E-state index contributed by atoms with van der Waals surface area (Å²) in [6, 6.07) is 5.93. The number of hydrogen-bond acceptors (Lipinski definition) is 4. The SMILES string of the molecule is O=C(Nc1ccc(F)c(-n2cc3cc(N4CC5(CC5)C4)cnc3n2)c1)N1CCC(F)C1. The Balaban J connectivity index is 1.24. The third kappa shape index (κ3) is 3.28. The Morgan fingerprint density at radius 1 is 1.23 bits per heavy atom. The minimum Gasteiger partial charge on any atom is -0.369 e. The molecule has 0 radical (unpaired) electrons. The van der Waals surface area contributed by atoms with Gasteiger partial charge in [0.05, 0.1) is 18.4 Å². The molecular formula is C22H22F2N6O. The second-order valence-corrected chi connectivity index (χ2v) is 8.96. The van der Waals surface area contributed by atoms with Crippen molar-refractivity contribution in [3.63, 3.8) is 0 Å². The van der Waals surface area contributed by atoms with Crippen LogP contribution >= 0.6 is 0 Å². The average molecular weight is 424 g/mol. The summed E-state index contributed by atoms with van der Waals surface area (Å²) in [7, 11) is 0. The zero-order chi connectivity index (χ0) is 21.2. The van der Waals surface area contributed by atoms with Crippen LogP contribution in [0.25, 0.3) is 16.7 Å². The van der Waals surface area contributed by atoms with E-state index in [1.54, 1.807) is 6.20 Å². The number of aromatic nitrogens is 3. The maximum Gasteiger partial charge on any atom is 0.321 e. The monoisotopic (exact) mass is 424 g/mol. The zero-order valence-electron chi connectivity index (χ0n) is 16.9. The van der Waals surface area contributed by atoms with Crippen LogP contribution in [0.3, 0.4) is 0 Å². The van der Waals surface area contributed by atoms with Crippen LogP contribution in [0.2, 0.25) is 0 Å². The van der Waals surface area contributed by atoms with Crippen molar-refractivity contribution in [2.24, 2.45) is 5.41 Å². The number of carbonyl (C=O) groups is 1. The van der Waals surface area contributed by atoms with Gasteiger partial charge in [0.1, 0.15) is 17.7 Å². The number of pyridine rings is 1. The predicted molar refractivity (Wildman–Crippen MR) is 113 cm³/mol. The number of nitrogens with one attached hydrogen (secondary N) is 1. The summed E-state index contributed by atoms with van der Waals surface area (Å²) in [4.78, 5) is 20.5. The highest BCUT2D eigenvalue weighted by Crippen LogP contribution is 2.53. The lowest BCUT2D eigenvalue weighted by atomic mass is 9.96. The smallest absolute Gasteiger partial charge is 0.321 e. The quantitative estimate of drug-likeness (QED) is 0.696. The van der Waals surface area contributed by atoms with E-state index in [1.165, 1.54) is 40.6 Å². The molecule has 6 rings (SSSR count). The van der Waals surface area contributed by atoms with Gasteiger partial charge in [-0.1, -0.05) is 0 Å². The fourth-order valence-corrected chi connectivity index (χ4v) is 4.51. The Bertz CT molecular complexity index is 1180. The fraction of sp³-hybridized carbons (Fsp3) is 0.409. The van der Waals surface area contributed by atoms with Crippen LogP contribution in [0, 0.1) is 11.2 Å². The minimum absolute atomic E-state index is 0.0799. The molecule has 4 heterocycles. The summed E-state index contributed by atoms with van der Waals surface area (Å²) < 4.78 is 29.4. The van der Waals surface area contributed by atoms with Crippen LogP contribution in [0.4, 0.5) is 25.0 Å². The summed E-state index contributed by atoms with van der Waals surface area (Å²) in [5.41, 5.74) is 2.77. The Kier molecular flexibility index (Phi) is 3.97. The van der Waals surface area contributed by atoms with Crippen LogP contribution in [0.15, 0.2) is 36.7 Å². The fourth-order valence-electron chi connectivity index (χ4n) is 4.51. The van der Waals surface area contributed by atoms with E-state index in [-0.39, 0.29) is 12.2 Å². The predicted octanol–water partition coefficient (Wildman–Crippen LogP) is 3.74. The van der Waals surface area contributed by atoms with E-state index in [4.69, 9.17) is 0 Å². The second kappa shape index (κ2) is 6.63. The van der Waals surface area contributed by atoms with Gasteiger partial charge in [-0.25, -0.2) is 23.2 Å². The summed E-state index contributed by atoms with van der Waals surface area (Å²) in [6.45, 7) is 2.60. The minimum atomic E-state index is -0.991. The first kappa shape index (κ1) is 18.5. The lowest BCUT2D eigenvalue weighted by molar-refractivity contribution is 0.218. The normalized spacial score (nSPS) is 21.5. The number of halogens is 2. The molecule has 1 atom stereocenters. The van der Waals surface area contributed by atoms with Crippen LogP contribution in [0.5, 0.6) is 0 Å². The number of rotatable bonds is 3. The largest absolute Gasteiger partial charge is 0.369 e. The van der Waals surface area contributed by atoms with Crippen molar-refractivity contribution in [1.82, 2.24) is 19.7 Å². The van der Waals surface area contributed by atoms with Gasteiger partial charge in [0, 0.05) is 42.3 Å². The van der Waals surface area contributed by atoms with Gasteiger partial charge in [-0.3, -0.25) is 0 Å². The van der Waals surface area contributed by atoms with Crippen molar-refractivity contribution in [3.8, 4) is 5.69 Å². The standard InChI is InChI=1S/C22H22F2N6O/c23-15-3-6-28(11-15)21(31)26-16-1-2-18(24)19(8-16)30-10-14-7-17(9-25-20(14)27-30)29-12-22(13-29)4-5-22/h1-2,7-10,15H,3-6,11-13H2,(H,26,31). The summed E-state index contributed by atoms with van der Waals surface area (Å²) in [5.74, 6) is -0.463. The van der Waals surface area contributed by atoms with E-state index in [0.29, 0.717) is 29.7 Å². The van der Waals surface area contributed by atoms with E-state index in [2.05, 4.69) is 20.3 Å². The van der Waals surface area contributed by atoms with Gasteiger partial charge in [0.25, 0.3) is 0 Å². The van der Waals surface area contributed by atoms with E-state index in [9.17, 15) is 13.6 Å². The van der Waals surface area contributed by atoms with Crippen LogP contribution < -0.4 is 10.2 Å². The Morgan fingerprint density at radius 3 is 2.81 bits per heavy atom. The number of likely N-dealkylation sites (tertiary alicyclic amines) is 1. The van der Waals surface area contributed by atoms with Crippen molar-refractivity contribution in [1.29, 1.82) is 0 Å². The third-order valence-corrected chi connectivity index (χ3v) is 6.58. The molecule has 1 unspecified atom stereocenters. The number of alkyl halides is 1. The molecule has 0 bridgehead atoms. The summed E-state index contributed by atoms with van der Waals surface area (Å²) in [5, 5.41) is 7.96. The molecule has 9 heteroatoms. The van der Waals surface area contributed by atoms with Gasteiger partial charge in [0.15, 0.2) is 5.65 Å². The molecule has 1 aromatic carbocycles. The number of nitrogens with zero attached hydrogens (tertiary/aromatic N) is 5. The molecule has 1 aliphatic carbocycles. The molecule has 3 fully saturated rings. The third-order valence-electron chi connectivity index (χ3n) is 6.58. The molecule has 3 aliphatic rings. The maximum atomic E-state index is 14.6. The molecule has 2 aromatic heterocycles. The number of hydrogen-bond donors (Lipinski definition) is 1. The van der Waals surface area contributed by atoms with Gasteiger partial charge in [-0.2, -0.15) is 0 Å². The van der Waals surface area contributed by atoms with Crippen molar-refractivity contribution >= 4 is 28.4 Å². The summed E-state index contributed by atoms with van der Waals surface area (Å²) >= 11 is 0. The van der Waals surface area contributed by atoms with Crippen molar-refractivity contribution in [3.05, 3.63) is 42.5 Å². The van der Waals surface area contributed by atoms with Gasteiger partial charge < -0.3 is 15.1 Å². The Morgan fingerprint density at radius 2 is 2.06 bits per heavy atom. The van der Waals surface area contributed by atoms with Gasteiger partial charge in [-0.05, 0) is 43.5 Å². The molecule has 2 saturated heterocycles. The second-order valence-electron chi connectivity index (χ2n) is 8.96. The maximum absolute atomic E-state index is 14.6. The highest BCUT2D eigenvalue weighted by atomic mass is 19.1. The zero-order valence-corrected chi connectivity index (χ0v) is 16.9. The Hall–Kier alpha value is -3.23. The Labute approximate surface area is 177 Å². The number of anilines is 2. The molecule has 2 aliphatic heterocycles. The first-order valence-electron chi connectivity index (χ1n) is 10.6. The van der Waals surface area contributed by atoms with E-state index < -0.39 is 18.0 Å². The highest BCUT2D eigenvalue weighted by molar-refractivity contribution is 5.90. The molecule has 31 heavy (non-hydrogen) atoms. The number of fused-ring (bicyclic) bond motifs is 1. The molecule has 3 aromatic rings. The lowest BCUT2D eigenvalue weighted by Gasteiger charge is -2.41. The first-order valence-corrected chi connectivity index (χ1v) is 10.6. The molecule has 2 amide bonds. The number of urea groups is 1. The molecule has 7 nitrogen and oxygen atoms in total. The molecule has 1 spiro atoms. The highest BCUT2D eigenvalue weighted by Gasteiger charge is 2.52. The van der Waals surface area contributed by atoms with E-state index in [1.807, 2.05) is 12.3 Å². The van der Waals surface area contributed by atoms with Crippen molar-refractivity contribution in [2.75, 3.05) is 36.4 Å². The van der Waals surface area contributed by atoms with Crippen LogP contribution in [0.1, 0.15) is 19.3 Å². The average Bonchev–Trinajstić information content (AvgIpc) is 3.24. The van der Waals surface area contributed by atoms with Crippen LogP contribution in [-0.2, 0) is 0 Å². The number of amides is 2. The molecule has 1 N–H and O–H groups in total. The van der Waals surface area contributed by atoms with E-state index >= 15 is 0 Å². The van der Waals surface area contributed by atoms with Gasteiger partial charge in [0.2, 0.25) is 0 Å². The molecule has 1 saturated carbocycles. The van der Waals surface area contributed by atoms with Crippen molar-refractivity contribution < 1.29 is 13.6 Å². The van der Waals surface area contributed by atoms with Gasteiger partial charge in [-0.15, -0.1) is 5.10 Å². The first-order chi connectivity index (χ1) is 15.0. The molecular weight excluding hydrogens is 402 g/mol. The number of benzene rings is 1. The van der Waals surface area contributed by atoms with Gasteiger partial charge >= 0.3 is 6.03 Å². The topological polar surface area (TPSA) is 66.3 Å². The number of carbonyl (C=O) groups excluding carboxylic acids is 1. The van der Waals surface area contributed by atoms with E-state index in [0.717, 1.165) is 24.2 Å². The lowest BCUT2D eigenvalue weighted by Crippen LogP contribution is -2.48.